The van der Waals surface area contributed by atoms with Crippen molar-refractivity contribution in [3.05, 3.63) is 58.7 Å². The van der Waals surface area contributed by atoms with Crippen LogP contribution in [-0.4, -0.2) is 18.7 Å². The highest BCUT2D eigenvalue weighted by Crippen LogP contribution is 2.23. The zero-order valence-corrected chi connectivity index (χ0v) is 22.2. The molecule has 1 atom stereocenters. The van der Waals surface area contributed by atoms with E-state index in [4.69, 9.17) is 9.47 Å². The molecular formula is C27H41O4P. The molecule has 4 nitrogen and oxygen atoms in total. The minimum Gasteiger partial charge on any atom is -0.489 e. The number of hydrogen-bond donors (Lipinski definition) is 0. The zero-order valence-electron chi connectivity index (χ0n) is 21.1. The number of ketones is 2. The van der Waals surface area contributed by atoms with Crippen molar-refractivity contribution < 1.29 is 19.1 Å². The third kappa shape index (κ3) is 12.7. The Labute approximate surface area is 197 Å². The summed E-state index contributed by atoms with van der Waals surface area (Å²) in [5, 5.41) is 1.18. The van der Waals surface area contributed by atoms with Crippen molar-refractivity contribution in [3.63, 3.8) is 0 Å². The molecule has 0 heterocycles. The SMILES string of the molecule is CC.CC(=O)CC(C)CC(C)=O.COCc1c(C)cc(OCc2ccc(P)cc2)cc1C. The molecule has 0 radical (unpaired) electrons. The Hall–Kier alpha value is -2.03. The number of ether oxygens (including phenoxy) is 2. The molecule has 2 rings (SSSR count). The Balaban J connectivity index is 0.000000680. The van der Waals surface area contributed by atoms with Crippen LogP contribution >= 0.6 is 9.24 Å². The van der Waals surface area contributed by atoms with E-state index in [0.717, 1.165) is 5.75 Å². The first-order chi connectivity index (χ1) is 15.1. The second-order valence-electron chi connectivity index (χ2n) is 7.92. The van der Waals surface area contributed by atoms with Gasteiger partial charge in [0.15, 0.2) is 0 Å². The number of hydrogen-bond acceptors (Lipinski definition) is 4. The zero-order chi connectivity index (χ0) is 24.7. The molecule has 2 aromatic carbocycles. The van der Waals surface area contributed by atoms with Crippen molar-refractivity contribution in [1.29, 1.82) is 0 Å². The molecule has 0 spiro atoms. The summed E-state index contributed by atoms with van der Waals surface area (Å²) in [6.45, 7) is 14.5. The summed E-state index contributed by atoms with van der Waals surface area (Å²) in [7, 11) is 4.41. The third-order valence-corrected chi connectivity index (χ3v) is 5.00. The van der Waals surface area contributed by atoms with Crippen molar-refractivity contribution in [2.75, 3.05) is 7.11 Å². The van der Waals surface area contributed by atoms with Gasteiger partial charge in [-0.3, -0.25) is 0 Å². The summed E-state index contributed by atoms with van der Waals surface area (Å²) < 4.78 is 11.1. The van der Waals surface area contributed by atoms with Gasteiger partial charge in [0.1, 0.15) is 23.9 Å². The molecular weight excluding hydrogens is 419 g/mol. The molecule has 1 unspecified atom stereocenters. The van der Waals surface area contributed by atoms with Crippen LogP contribution in [0.3, 0.4) is 0 Å². The number of rotatable bonds is 9. The lowest BCUT2D eigenvalue weighted by Gasteiger charge is -2.13. The van der Waals surface area contributed by atoms with Crippen molar-refractivity contribution in [3.8, 4) is 5.75 Å². The van der Waals surface area contributed by atoms with E-state index >= 15 is 0 Å². The molecule has 0 aliphatic carbocycles. The van der Waals surface area contributed by atoms with E-state index in [-0.39, 0.29) is 17.5 Å². The summed E-state index contributed by atoms with van der Waals surface area (Å²) in [4.78, 5) is 21.0. The van der Waals surface area contributed by atoms with Gasteiger partial charge in [0.25, 0.3) is 0 Å². The predicted molar refractivity (Wildman–Crippen MR) is 138 cm³/mol. The van der Waals surface area contributed by atoms with Crippen LogP contribution in [0.4, 0.5) is 0 Å². The van der Waals surface area contributed by atoms with Crippen LogP contribution in [0.1, 0.15) is 69.7 Å². The maximum atomic E-state index is 10.5. The van der Waals surface area contributed by atoms with E-state index in [1.165, 1.54) is 27.6 Å². The number of Topliss-reactive ketones (excluding diaryl/α,β-unsaturated/α-hetero) is 2. The van der Waals surface area contributed by atoms with Crippen LogP contribution < -0.4 is 10.0 Å². The normalized spacial score (nSPS) is 9.94. The highest BCUT2D eigenvalue weighted by atomic mass is 31.0. The topological polar surface area (TPSA) is 52.6 Å². The van der Waals surface area contributed by atoms with E-state index in [1.54, 1.807) is 21.0 Å². The maximum Gasteiger partial charge on any atom is 0.130 e. The van der Waals surface area contributed by atoms with Crippen LogP contribution in [0.25, 0.3) is 0 Å². The molecule has 5 heteroatoms. The average Bonchev–Trinajstić information content (AvgIpc) is 2.71. The summed E-state index contributed by atoms with van der Waals surface area (Å²) in [5.41, 5.74) is 4.84. The standard InChI is InChI=1S/C17H21O2P.C8H14O2.C2H6/c1-12-8-15(9-13(2)17(12)11-18-3)19-10-14-4-6-16(20)7-5-14;1-6(4-7(2)9)5-8(3)10;1-2/h4-9H,10-11,20H2,1-3H3;6H,4-5H2,1-3H3;1-2H3. The first-order valence-corrected chi connectivity index (χ1v) is 11.7. The van der Waals surface area contributed by atoms with E-state index in [0.29, 0.717) is 26.1 Å². The van der Waals surface area contributed by atoms with Crippen LogP contribution in [0.5, 0.6) is 5.75 Å². The third-order valence-electron chi connectivity index (χ3n) is 4.62. The van der Waals surface area contributed by atoms with Gasteiger partial charge in [-0.25, -0.2) is 0 Å². The fraction of sp³-hybridized carbons (Fsp3) is 0.481. The Kier molecular flexibility index (Phi) is 15.5. The monoisotopic (exact) mass is 460 g/mol. The molecule has 32 heavy (non-hydrogen) atoms. The Morgan fingerprint density at radius 1 is 0.906 bits per heavy atom. The molecule has 0 bridgehead atoms. The van der Waals surface area contributed by atoms with Crippen LogP contribution in [-0.2, 0) is 27.5 Å². The van der Waals surface area contributed by atoms with Crippen molar-refractivity contribution in [1.82, 2.24) is 0 Å². The summed E-state index contributed by atoms with van der Waals surface area (Å²) in [6.07, 6.45) is 1.05. The summed E-state index contributed by atoms with van der Waals surface area (Å²) >= 11 is 0. The number of benzene rings is 2. The van der Waals surface area contributed by atoms with Gasteiger partial charge in [-0.15, -0.1) is 9.24 Å². The Morgan fingerprint density at radius 2 is 1.38 bits per heavy atom. The fourth-order valence-corrected chi connectivity index (χ4v) is 3.44. The number of carbonyl (C=O) groups excluding carboxylic acids is 2. The largest absolute Gasteiger partial charge is 0.489 e. The van der Waals surface area contributed by atoms with E-state index in [1.807, 2.05) is 20.8 Å². The summed E-state index contributed by atoms with van der Waals surface area (Å²) in [5.74, 6) is 1.45. The fourth-order valence-electron chi connectivity index (χ4n) is 3.24. The van der Waals surface area contributed by atoms with Gasteiger partial charge in [0, 0.05) is 20.0 Å². The van der Waals surface area contributed by atoms with Gasteiger partial charge in [-0.2, -0.15) is 0 Å². The van der Waals surface area contributed by atoms with E-state index < -0.39 is 0 Å². The lowest BCUT2D eigenvalue weighted by Crippen LogP contribution is -2.05. The smallest absolute Gasteiger partial charge is 0.130 e. The van der Waals surface area contributed by atoms with Gasteiger partial charge < -0.3 is 19.1 Å². The van der Waals surface area contributed by atoms with Crippen molar-refractivity contribution >= 4 is 26.1 Å². The van der Waals surface area contributed by atoms with E-state index in [9.17, 15) is 9.59 Å². The first-order valence-electron chi connectivity index (χ1n) is 11.2. The van der Waals surface area contributed by atoms with Crippen molar-refractivity contribution in [2.24, 2.45) is 5.92 Å². The second-order valence-corrected chi connectivity index (χ2v) is 8.58. The molecule has 0 aromatic heterocycles. The lowest BCUT2D eigenvalue weighted by molar-refractivity contribution is -0.119. The molecule has 0 aliphatic heterocycles. The molecule has 0 aliphatic rings. The quantitative estimate of drug-likeness (QED) is 0.422. The molecule has 178 valence electrons. The van der Waals surface area contributed by atoms with Crippen LogP contribution in [0, 0.1) is 19.8 Å². The lowest BCUT2D eigenvalue weighted by atomic mass is 10.00. The molecule has 0 saturated heterocycles. The Morgan fingerprint density at radius 3 is 1.78 bits per heavy atom. The van der Waals surface area contributed by atoms with Gasteiger partial charge in [-0.1, -0.05) is 45.0 Å². The minimum atomic E-state index is 0.161. The van der Waals surface area contributed by atoms with Crippen molar-refractivity contribution in [2.45, 2.75) is 74.5 Å². The predicted octanol–water partition coefficient (Wildman–Crippen LogP) is 6.14. The minimum absolute atomic E-state index is 0.161. The number of methoxy groups -OCH3 is 1. The van der Waals surface area contributed by atoms with Gasteiger partial charge >= 0.3 is 0 Å². The molecule has 0 fully saturated rings. The van der Waals surface area contributed by atoms with Gasteiger partial charge in [0.2, 0.25) is 0 Å². The van der Waals surface area contributed by atoms with Gasteiger partial charge in [0.05, 0.1) is 6.61 Å². The van der Waals surface area contributed by atoms with Gasteiger partial charge in [-0.05, 0) is 73.3 Å². The molecule has 0 N–H and O–H groups in total. The highest BCUT2D eigenvalue weighted by molar-refractivity contribution is 7.27. The van der Waals surface area contributed by atoms with Crippen LogP contribution in [0.2, 0.25) is 0 Å². The molecule has 2 aromatic rings. The molecule has 0 saturated carbocycles. The first kappa shape index (κ1) is 30.0. The second kappa shape index (κ2) is 16.6. The Bertz CT molecular complexity index is 789. The van der Waals surface area contributed by atoms with E-state index in [2.05, 4.69) is 59.5 Å². The summed E-state index contributed by atoms with van der Waals surface area (Å²) in [6, 6.07) is 12.5. The highest BCUT2D eigenvalue weighted by Gasteiger charge is 2.07. The number of carbonyl (C=O) groups is 2. The van der Waals surface area contributed by atoms with Crippen LogP contribution in [0.15, 0.2) is 36.4 Å². The number of aryl methyl sites for hydroxylation is 2. The maximum absolute atomic E-state index is 10.5. The molecule has 0 amide bonds. The average molecular weight is 461 g/mol.